The third-order valence-electron chi connectivity index (χ3n) is 2.83. The van der Waals surface area contributed by atoms with Crippen molar-refractivity contribution in [2.75, 3.05) is 27.0 Å². The molecular weight excluding hydrogens is 250 g/mol. The Bertz CT molecular complexity index is 434. The number of carbonyl (C=O) groups is 1. The Hall–Kier alpha value is -1.36. The van der Waals surface area contributed by atoms with Gasteiger partial charge in [0.15, 0.2) is 0 Å². The maximum atomic E-state index is 11.5. The van der Waals surface area contributed by atoms with Gasteiger partial charge in [-0.15, -0.1) is 0 Å². The molecule has 4 nitrogen and oxygen atoms in total. The molecule has 1 aromatic carbocycles. The monoisotopic (exact) mass is 269 g/mol. The van der Waals surface area contributed by atoms with E-state index in [-0.39, 0.29) is 11.7 Å². The van der Waals surface area contributed by atoms with Crippen LogP contribution in [-0.4, -0.2) is 37.8 Å². The molecule has 0 saturated carbocycles. The van der Waals surface area contributed by atoms with Crippen LogP contribution in [0.1, 0.15) is 11.1 Å². The number of hydrogen-bond donors (Lipinski definition) is 1. The molecule has 0 heterocycles. The molecule has 1 rings (SSSR count). The van der Waals surface area contributed by atoms with E-state index in [9.17, 15) is 4.79 Å². The molecule has 1 amide bonds. The zero-order valence-electron chi connectivity index (χ0n) is 11.2. The van der Waals surface area contributed by atoms with Crippen LogP contribution in [0.2, 0.25) is 0 Å². The second kappa shape index (κ2) is 6.54. The van der Waals surface area contributed by atoms with Gasteiger partial charge in [0.05, 0.1) is 20.0 Å². The van der Waals surface area contributed by atoms with Gasteiger partial charge in [0.2, 0.25) is 5.91 Å². The molecule has 5 heteroatoms. The number of hydrogen-bond acceptors (Lipinski definition) is 4. The summed E-state index contributed by atoms with van der Waals surface area (Å²) in [5.41, 5.74) is 1.89. The number of amides is 1. The van der Waals surface area contributed by atoms with Crippen LogP contribution in [0, 0.1) is 6.92 Å². The lowest BCUT2D eigenvalue weighted by molar-refractivity contribution is -0.127. The quantitative estimate of drug-likeness (QED) is 0.830. The van der Waals surface area contributed by atoms with Gasteiger partial charge in [-0.05, 0) is 19.1 Å². The van der Waals surface area contributed by atoms with Gasteiger partial charge in [-0.2, -0.15) is 12.6 Å². The van der Waals surface area contributed by atoms with Crippen molar-refractivity contribution in [1.82, 2.24) is 4.90 Å². The Morgan fingerprint density at radius 3 is 2.50 bits per heavy atom. The molecule has 0 aliphatic carbocycles. The highest BCUT2D eigenvalue weighted by molar-refractivity contribution is 7.81. The summed E-state index contributed by atoms with van der Waals surface area (Å²) in [4.78, 5) is 13.1. The van der Waals surface area contributed by atoms with E-state index in [2.05, 4.69) is 12.6 Å². The first kappa shape index (κ1) is 14.7. The normalized spacial score (nSPS) is 10.1. The van der Waals surface area contributed by atoms with Crippen LogP contribution in [0.15, 0.2) is 12.1 Å². The summed E-state index contributed by atoms with van der Waals surface area (Å²) >= 11 is 3.98. The Morgan fingerprint density at radius 1 is 1.33 bits per heavy atom. The highest BCUT2D eigenvalue weighted by Crippen LogP contribution is 2.31. The topological polar surface area (TPSA) is 38.8 Å². The van der Waals surface area contributed by atoms with E-state index in [1.807, 2.05) is 19.1 Å². The van der Waals surface area contributed by atoms with E-state index >= 15 is 0 Å². The molecule has 0 saturated heterocycles. The summed E-state index contributed by atoms with van der Waals surface area (Å²) in [6, 6.07) is 3.79. The largest absolute Gasteiger partial charge is 0.496 e. The Balaban J connectivity index is 3.03. The maximum Gasteiger partial charge on any atom is 0.232 e. The van der Waals surface area contributed by atoms with Crippen molar-refractivity contribution in [2.24, 2.45) is 0 Å². The fourth-order valence-electron chi connectivity index (χ4n) is 1.82. The number of ether oxygens (including phenoxy) is 2. The second-order valence-corrected chi connectivity index (χ2v) is 4.31. The third kappa shape index (κ3) is 3.10. The molecule has 0 aliphatic heterocycles. The van der Waals surface area contributed by atoms with Crippen LogP contribution in [0.5, 0.6) is 11.5 Å². The lowest BCUT2D eigenvalue weighted by atomic mass is 10.1. The SMILES string of the molecule is COc1ccc(CN(C)C(=O)CS)c(OC)c1C. The predicted molar refractivity (Wildman–Crippen MR) is 74.6 cm³/mol. The van der Waals surface area contributed by atoms with Gasteiger partial charge in [0.25, 0.3) is 0 Å². The van der Waals surface area contributed by atoms with Crippen LogP contribution in [0.25, 0.3) is 0 Å². The number of carbonyl (C=O) groups excluding carboxylic acids is 1. The van der Waals surface area contributed by atoms with Crippen molar-refractivity contribution in [3.63, 3.8) is 0 Å². The van der Waals surface area contributed by atoms with Gasteiger partial charge in [-0.25, -0.2) is 0 Å². The average Bonchev–Trinajstić information content (AvgIpc) is 2.38. The lowest BCUT2D eigenvalue weighted by Gasteiger charge is -2.20. The number of thiol groups is 1. The van der Waals surface area contributed by atoms with Crippen molar-refractivity contribution >= 4 is 18.5 Å². The van der Waals surface area contributed by atoms with Gasteiger partial charge >= 0.3 is 0 Å². The number of methoxy groups -OCH3 is 2. The average molecular weight is 269 g/mol. The summed E-state index contributed by atoms with van der Waals surface area (Å²) in [5, 5.41) is 0. The highest BCUT2D eigenvalue weighted by atomic mass is 32.1. The van der Waals surface area contributed by atoms with E-state index in [0.29, 0.717) is 6.54 Å². The third-order valence-corrected chi connectivity index (χ3v) is 3.10. The zero-order valence-corrected chi connectivity index (χ0v) is 12.1. The van der Waals surface area contributed by atoms with Gasteiger partial charge in [-0.3, -0.25) is 4.79 Å². The molecule has 18 heavy (non-hydrogen) atoms. The molecule has 0 aromatic heterocycles. The minimum absolute atomic E-state index is 0.0196. The molecule has 0 fully saturated rings. The molecule has 0 N–H and O–H groups in total. The molecule has 0 unspecified atom stereocenters. The Kier molecular flexibility index (Phi) is 5.34. The highest BCUT2D eigenvalue weighted by Gasteiger charge is 2.14. The molecule has 0 aliphatic rings. The predicted octanol–water partition coefficient (Wildman–Crippen LogP) is 1.90. The minimum Gasteiger partial charge on any atom is -0.496 e. The van der Waals surface area contributed by atoms with Crippen molar-refractivity contribution in [3.05, 3.63) is 23.3 Å². The smallest absolute Gasteiger partial charge is 0.232 e. The molecule has 0 radical (unpaired) electrons. The van der Waals surface area contributed by atoms with Crippen LogP contribution >= 0.6 is 12.6 Å². The van der Waals surface area contributed by atoms with Crippen LogP contribution < -0.4 is 9.47 Å². The van der Waals surface area contributed by atoms with Crippen LogP contribution in [0.4, 0.5) is 0 Å². The van der Waals surface area contributed by atoms with Crippen molar-refractivity contribution < 1.29 is 14.3 Å². The van der Waals surface area contributed by atoms with Gasteiger partial charge in [0.1, 0.15) is 11.5 Å². The summed E-state index contributed by atoms with van der Waals surface area (Å²) in [6.45, 7) is 2.43. The van der Waals surface area contributed by atoms with E-state index in [0.717, 1.165) is 22.6 Å². The molecule has 0 spiro atoms. The number of benzene rings is 1. The van der Waals surface area contributed by atoms with Gasteiger partial charge in [-0.1, -0.05) is 0 Å². The van der Waals surface area contributed by atoms with E-state index < -0.39 is 0 Å². The van der Waals surface area contributed by atoms with Crippen LogP contribution in [-0.2, 0) is 11.3 Å². The fraction of sp³-hybridized carbons (Fsp3) is 0.462. The first-order valence-electron chi connectivity index (χ1n) is 5.60. The summed E-state index contributed by atoms with van der Waals surface area (Å²) in [5.74, 6) is 1.72. The summed E-state index contributed by atoms with van der Waals surface area (Å²) in [6.07, 6.45) is 0. The van der Waals surface area contributed by atoms with Crippen molar-refractivity contribution in [3.8, 4) is 11.5 Å². The zero-order chi connectivity index (χ0) is 13.7. The molecule has 0 atom stereocenters. The van der Waals surface area contributed by atoms with Crippen molar-refractivity contribution in [2.45, 2.75) is 13.5 Å². The van der Waals surface area contributed by atoms with E-state index in [1.165, 1.54) is 0 Å². The fourth-order valence-corrected chi connectivity index (χ4v) is 2.07. The Labute approximate surface area is 113 Å². The van der Waals surface area contributed by atoms with Crippen LogP contribution in [0.3, 0.4) is 0 Å². The molecule has 1 aromatic rings. The minimum atomic E-state index is -0.0196. The molecule has 100 valence electrons. The Morgan fingerprint density at radius 2 is 2.00 bits per heavy atom. The van der Waals surface area contributed by atoms with Crippen molar-refractivity contribution in [1.29, 1.82) is 0 Å². The first-order valence-corrected chi connectivity index (χ1v) is 6.23. The lowest BCUT2D eigenvalue weighted by Crippen LogP contribution is -2.27. The number of nitrogens with zero attached hydrogens (tertiary/aromatic N) is 1. The maximum absolute atomic E-state index is 11.5. The van der Waals surface area contributed by atoms with E-state index in [1.54, 1.807) is 26.2 Å². The van der Waals surface area contributed by atoms with E-state index in [4.69, 9.17) is 9.47 Å². The standard InChI is InChI=1S/C13H19NO3S/c1-9-11(16-3)6-5-10(13(9)17-4)7-14(2)12(15)8-18/h5-6,18H,7-8H2,1-4H3. The first-order chi connectivity index (χ1) is 8.54. The molecular formula is C13H19NO3S. The van der Waals surface area contributed by atoms with Gasteiger partial charge in [0, 0.05) is 24.7 Å². The number of rotatable bonds is 5. The summed E-state index contributed by atoms with van der Waals surface area (Å²) < 4.78 is 10.6. The molecule has 0 bridgehead atoms. The van der Waals surface area contributed by atoms with Gasteiger partial charge < -0.3 is 14.4 Å². The second-order valence-electron chi connectivity index (χ2n) is 3.99. The summed E-state index contributed by atoms with van der Waals surface area (Å²) in [7, 11) is 4.99.